The molecule has 3 nitrogen and oxygen atoms in total. The Labute approximate surface area is 115 Å². The number of alkyl halides is 6. The highest BCUT2D eigenvalue weighted by Crippen LogP contribution is 2.50. The number of nitrogens with one attached hydrogen (secondary N) is 1. The highest BCUT2D eigenvalue weighted by molar-refractivity contribution is 5.96. The smallest absolute Gasteiger partial charge is 0.325 e. The van der Waals surface area contributed by atoms with Gasteiger partial charge in [0.1, 0.15) is 0 Å². The molecule has 1 N–H and O–H groups in total. The fraction of sp³-hybridized carbons (Fsp3) is 0.333. The molecule has 114 valence electrons. The summed E-state index contributed by atoms with van der Waals surface area (Å²) in [5, 5.41) is 10.1. The summed E-state index contributed by atoms with van der Waals surface area (Å²) in [5.41, 5.74) is -4.67. The Morgan fingerprint density at radius 3 is 1.81 bits per heavy atom. The van der Waals surface area contributed by atoms with Crippen molar-refractivity contribution in [1.29, 1.82) is 5.26 Å². The van der Waals surface area contributed by atoms with Crippen LogP contribution in [0.3, 0.4) is 0 Å². The summed E-state index contributed by atoms with van der Waals surface area (Å²) >= 11 is 0. The van der Waals surface area contributed by atoms with Gasteiger partial charge < -0.3 is 5.32 Å². The number of nitriles is 1. The molecule has 0 spiro atoms. The van der Waals surface area contributed by atoms with Gasteiger partial charge in [-0.25, -0.2) is 0 Å². The standard InChI is InChI=1S/C12H8F6N2O/c1-10(11(13,14)15,12(16,17)18)9(21)20-8-4-2-7(6-19)3-5-8/h2-5H,1H3,(H,20,21). The molecule has 0 atom stereocenters. The van der Waals surface area contributed by atoms with Crippen LogP contribution in [0.4, 0.5) is 32.0 Å². The van der Waals surface area contributed by atoms with Crippen LogP contribution in [-0.2, 0) is 4.79 Å². The molecular formula is C12H8F6N2O. The lowest BCUT2D eigenvalue weighted by atomic mass is 9.87. The van der Waals surface area contributed by atoms with Gasteiger partial charge in [-0.3, -0.25) is 4.79 Å². The van der Waals surface area contributed by atoms with Gasteiger partial charge in [0.25, 0.3) is 0 Å². The molecule has 0 heterocycles. The molecule has 0 unspecified atom stereocenters. The molecule has 1 rings (SSSR count). The first-order valence-electron chi connectivity index (χ1n) is 5.38. The third-order valence-corrected chi connectivity index (χ3v) is 2.86. The molecule has 0 bridgehead atoms. The molecule has 9 heteroatoms. The van der Waals surface area contributed by atoms with Crippen molar-refractivity contribution in [2.24, 2.45) is 5.41 Å². The fourth-order valence-electron chi connectivity index (χ4n) is 1.30. The van der Waals surface area contributed by atoms with Gasteiger partial charge in [0.05, 0.1) is 11.6 Å². The van der Waals surface area contributed by atoms with Crippen LogP contribution in [0.1, 0.15) is 12.5 Å². The first-order chi connectivity index (χ1) is 9.43. The molecule has 0 aliphatic heterocycles. The number of halogens is 6. The van der Waals surface area contributed by atoms with E-state index in [1.54, 1.807) is 11.4 Å². The van der Waals surface area contributed by atoms with Crippen molar-refractivity contribution in [1.82, 2.24) is 0 Å². The third-order valence-electron chi connectivity index (χ3n) is 2.86. The average molecular weight is 310 g/mol. The molecule has 1 aromatic rings. The summed E-state index contributed by atoms with van der Waals surface area (Å²) in [4.78, 5) is 11.5. The van der Waals surface area contributed by atoms with Crippen LogP contribution in [0.2, 0.25) is 0 Å². The van der Waals surface area contributed by atoms with Crippen molar-refractivity contribution < 1.29 is 31.1 Å². The van der Waals surface area contributed by atoms with E-state index in [2.05, 4.69) is 0 Å². The maximum atomic E-state index is 12.6. The van der Waals surface area contributed by atoms with Gasteiger partial charge >= 0.3 is 12.4 Å². The summed E-state index contributed by atoms with van der Waals surface area (Å²) in [6.45, 7) is -0.230. The summed E-state index contributed by atoms with van der Waals surface area (Å²) < 4.78 is 75.9. The summed E-state index contributed by atoms with van der Waals surface area (Å²) in [5.74, 6) is -2.24. The third kappa shape index (κ3) is 3.09. The van der Waals surface area contributed by atoms with Crippen molar-refractivity contribution in [3.05, 3.63) is 29.8 Å². The van der Waals surface area contributed by atoms with E-state index in [1.165, 1.54) is 0 Å². The quantitative estimate of drug-likeness (QED) is 0.848. The molecule has 0 aliphatic carbocycles. The number of carbonyl (C=O) groups excluding carboxylic acids is 1. The Morgan fingerprint density at radius 2 is 1.48 bits per heavy atom. The second-order valence-electron chi connectivity index (χ2n) is 4.26. The Morgan fingerprint density at radius 1 is 1.05 bits per heavy atom. The zero-order chi connectivity index (χ0) is 16.5. The van der Waals surface area contributed by atoms with Crippen molar-refractivity contribution in [2.75, 3.05) is 5.32 Å². The summed E-state index contributed by atoms with van der Waals surface area (Å²) in [7, 11) is 0. The van der Waals surface area contributed by atoms with Crippen LogP contribution in [0.5, 0.6) is 0 Å². The van der Waals surface area contributed by atoms with E-state index >= 15 is 0 Å². The number of amides is 1. The normalized spacial score (nSPS) is 12.7. The monoisotopic (exact) mass is 310 g/mol. The largest absolute Gasteiger partial charge is 0.411 e. The maximum absolute atomic E-state index is 12.6. The highest BCUT2D eigenvalue weighted by Gasteiger charge is 2.72. The number of hydrogen-bond acceptors (Lipinski definition) is 2. The number of benzene rings is 1. The number of nitrogens with zero attached hydrogens (tertiary/aromatic N) is 1. The Hall–Kier alpha value is -2.24. The molecule has 0 saturated carbocycles. The minimum absolute atomic E-state index is 0.141. The van der Waals surface area contributed by atoms with E-state index in [9.17, 15) is 31.1 Å². The first kappa shape index (κ1) is 16.8. The number of hydrogen-bond donors (Lipinski definition) is 1. The minimum Gasteiger partial charge on any atom is -0.325 e. The lowest BCUT2D eigenvalue weighted by Gasteiger charge is -2.32. The molecule has 0 saturated heterocycles. The van der Waals surface area contributed by atoms with Gasteiger partial charge in [0.2, 0.25) is 11.3 Å². The van der Waals surface area contributed by atoms with Crippen LogP contribution in [-0.4, -0.2) is 18.3 Å². The van der Waals surface area contributed by atoms with E-state index in [1.807, 2.05) is 0 Å². The predicted octanol–water partition coefficient (Wildman–Crippen LogP) is 3.63. The molecule has 0 fully saturated rings. The molecule has 0 aromatic heterocycles. The average Bonchev–Trinajstić information content (AvgIpc) is 2.35. The van der Waals surface area contributed by atoms with Gasteiger partial charge in [-0.2, -0.15) is 31.6 Å². The molecule has 21 heavy (non-hydrogen) atoms. The number of anilines is 1. The van der Waals surface area contributed by atoms with E-state index in [0.29, 0.717) is 0 Å². The number of carbonyl (C=O) groups is 1. The Bertz CT molecular complexity index is 553. The lowest BCUT2D eigenvalue weighted by molar-refractivity contribution is -0.317. The second-order valence-corrected chi connectivity index (χ2v) is 4.26. The first-order valence-corrected chi connectivity index (χ1v) is 5.38. The Balaban J connectivity index is 3.11. The zero-order valence-corrected chi connectivity index (χ0v) is 10.4. The zero-order valence-electron chi connectivity index (χ0n) is 10.4. The second kappa shape index (κ2) is 5.27. The topological polar surface area (TPSA) is 52.9 Å². The van der Waals surface area contributed by atoms with Crippen LogP contribution in [0.25, 0.3) is 0 Å². The van der Waals surface area contributed by atoms with E-state index in [4.69, 9.17) is 5.26 Å². The van der Waals surface area contributed by atoms with E-state index < -0.39 is 23.7 Å². The van der Waals surface area contributed by atoms with Gasteiger partial charge in [0, 0.05) is 5.69 Å². The fourth-order valence-corrected chi connectivity index (χ4v) is 1.30. The predicted molar refractivity (Wildman–Crippen MR) is 60.0 cm³/mol. The highest BCUT2D eigenvalue weighted by atomic mass is 19.4. The van der Waals surface area contributed by atoms with Crippen LogP contribution in [0.15, 0.2) is 24.3 Å². The van der Waals surface area contributed by atoms with Gasteiger partial charge in [-0.15, -0.1) is 0 Å². The van der Waals surface area contributed by atoms with Crippen LogP contribution >= 0.6 is 0 Å². The Kier molecular flexibility index (Phi) is 4.22. The van der Waals surface area contributed by atoms with E-state index in [-0.39, 0.29) is 18.2 Å². The van der Waals surface area contributed by atoms with E-state index in [0.717, 1.165) is 24.3 Å². The lowest BCUT2D eigenvalue weighted by Crippen LogP contribution is -2.55. The van der Waals surface area contributed by atoms with Crippen molar-refractivity contribution in [3.63, 3.8) is 0 Å². The van der Waals surface area contributed by atoms with Gasteiger partial charge in [0.15, 0.2) is 0 Å². The summed E-state index contributed by atoms with van der Waals surface area (Å²) in [6.07, 6.45) is -11.6. The van der Waals surface area contributed by atoms with Gasteiger partial charge in [-0.05, 0) is 31.2 Å². The SMILES string of the molecule is CC(C(=O)Nc1ccc(C#N)cc1)(C(F)(F)F)C(F)(F)F. The molecule has 1 amide bonds. The van der Waals surface area contributed by atoms with Crippen LogP contribution < -0.4 is 5.32 Å². The molecule has 0 radical (unpaired) electrons. The number of rotatable bonds is 2. The van der Waals surface area contributed by atoms with Crippen molar-refractivity contribution in [3.8, 4) is 6.07 Å². The molecule has 1 aromatic carbocycles. The van der Waals surface area contributed by atoms with Crippen LogP contribution in [0, 0.1) is 16.7 Å². The molecule has 0 aliphatic rings. The van der Waals surface area contributed by atoms with Gasteiger partial charge in [-0.1, -0.05) is 0 Å². The summed E-state index contributed by atoms with van der Waals surface area (Å²) in [6, 6.07) is 6.07. The maximum Gasteiger partial charge on any atom is 0.411 e. The molecular weight excluding hydrogens is 302 g/mol. The van der Waals surface area contributed by atoms with Crippen molar-refractivity contribution >= 4 is 11.6 Å². The van der Waals surface area contributed by atoms with Crippen molar-refractivity contribution in [2.45, 2.75) is 19.3 Å². The minimum atomic E-state index is -5.80.